The molecule has 134 valence electrons. The number of thiocarbonyl (C=S) groups is 1. The molecular formula is C18H17N3O3S2. The standard InChI is InChI=1S/C18H17N3O3S2/c1-23-14-4-2-3-12-5-6-13(19-16(12)14)11-15-17(22)21(18(25)26-15)20-7-9-24-10-8-20/h2-6,11H,7-10H2,1H3/b15-11+. The van der Waals surface area contributed by atoms with Crippen LogP contribution in [0.1, 0.15) is 5.69 Å². The molecule has 3 heterocycles. The third-order valence-electron chi connectivity index (χ3n) is 4.25. The summed E-state index contributed by atoms with van der Waals surface area (Å²) in [6.07, 6.45) is 1.78. The molecule has 0 spiro atoms. The maximum absolute atomic E-state index is 12.8. The SMILES string of the molecule is COc1cccc2ccc(/C=C3/SC(=S)N(N4CCOCC4)C3=O)nc12. The number of fused-ring (bicyclic) bond motifs is 1. The molecule has 0 aliphatic carbocycles. The molecule has 2 aromatic rings. The minimum Gasteiger partial charge on any atom is -0.494 e. The van der Waals surface area contributed by atoms with Crippen LogP contribution in [0.25, 0.3) is 17.0 Å². The van der Waals surface area contributed by atoms with Crippen molar-refractivity contribution in [2.75, 3.05) is 33.4 Å². The van der Waals surface area contributed by atoms with Crippen LogP contribution in [0.4, 0.5) is 0 Å². The number of nitrogens with zero attached hydrogens (tertiary/aromatic N) is 3. The van der Waals surface area contributed by atoms with Crippen LogP contribution in [-0.2, 0) is 9.53 Å². The van der Waals surface area contributed by atoms with E-state index in [0.717, 1.165) is 10.9 Å². The van der Waals surface area contributed by atoms with E-state index in [2.05, 4.69) is 4.98 Å². The van der Waals surface area contributed by atoms with Gasteiger partial charge in [0.05, 0.1) is 30.9 Å². The van der Waals surface area contributed by atoms with E-state index in [0.29, 0.717) is 47.0 Å². The van der Waals surface area contributed by atoms with Gasteiger partial charge in [0.25, 0.3) is 5.91 Å². The average molecular weight is 387 g/mol. The highest BCUT2D eigenvalue weighted by Crippen LogP contribution is 2.34. The van der Waals surface area contributed by atoms with Gasteiger partial charge >= 0.3 is 0 Å². The molecule has 2 saturated heterocycles. The zero-order valence-corrected chi connectivity index (χ0v) is 15.8. The number of hydrogen-bond acceptors (Lipinski definition) is 7. The molecule has 8 heteroatoms. The van der Waals surface area contributed by atoms with Gasteiger partial charge in [-0.2, -0.15) is 0 Å². The summed E-state index contributed by atoms with van der Waals surface area (Å²) in [4.78, 5) is 18.0. The van der Waals surface area contributed by atoms with Crippen LogP contribution in [-0.4, -0.2) is 58.6 Å². The zero-order valence-electron chi connectivity index (χ0n) is 14.2. The molecular weight excluding hydrogens is 370 g/mol. The lowest BCUT2D eigenvalue weighted by Gasteiger charge is -2.33. The van der Waals surface area contributed by atoms with Gasteiger partial charge in [0.15, 0.2) is 4.32 Å². The van der Waals surface area contributed by atoms with Gasteiger partial charge in [0.1, 0.15) is 11.3 Å². The largest absolute Gasteiger partial charge is 0.494 e. The Morgan fingerprint density at radius 1 is 1.27 bits per heavy atom. The molecule has 1 aromatic carbocycles. The fourth-order valence-corrected chi connectivity index (χ4v) is 4.27. The molecule has 0 bridgehead atoms. The van der Waals surface area contributed by atoms with E-state index in [1.165, 1.54) is 11.8 Å². The number of amides is 1. The molecule has 2 fully saturated rings. The van der Waals surface area contributed by atoms with E-state index in [1.807, 2.05) is 35.3 Å². The summed E-state index contributed by atoms with van der Waals surface area (Å²) in [5.74, 6) is 0.599. The first-order chi connectivity index (χ1) is 12.7. The fourth-order valence-electron chi connectivity index (χ4n) is 2.97. The molecule has 1 aromatic heterocycles. The summed E-state index contributed by atoms with van der Waals surface area (Å²) in [7, 11) is 1.62. The van der Waals surface area contributed by atoms with Crippen LogP contribution in [0, 0.1) is 0 Å². The second kappa shape index (κ2) is 7.32. The number of rotatable bonds is 3. The van der Waals surface area contributed by atoms with E-state index in [4.69, 9.17) is 21.7 Å². The molecule has 0 unspecified atom stereocenters. The Labute approximate surface area is 160 Å². The van der Waals surface area contributed by atoms with Crippen molar-refractivity contribution in [3.05, 3.63) is 40.9 Å². The van der Waals surface area contributed by atoms with Crippen molar-refractivity contribution in [2.24, 2.45) is 0 Å². The van der Waals surface area contributed by atoms with Crippen LogP contribution in [0.15, 0.2) is 35.2 Å². The summed E-state index contributed by atoms with van der Waals surface area (Å²) in [6.45, 7) is 2.51. The zero-order chi connectivity index (χ0) is 18.1. The number of pyridine rings is 1. The van der Waals surface area contributed by atoms with Gasteiger partial charge in [0.2, 0.25) is 0 Å². The van der Waals surface area contributed by atoms with Crippen molar-refractivity contribution >= 4 is 51.2 Å². The number of hydrogen-bond donors (Lipinski definition) is 0. The third-order valence-corrected chi connectivity index (χ3v) is 5.53. The van der Waals surface area contributed by atoms with E-state index in [9.17, 15) is 4.79 Å². The smallest absolute Gasteiger partial charge is 0.281 e. The average Bonchev–Trinajstić information content (AvgIpc) is 2.95. The predicted octanol–water partition coefficient (Wildman–Crippen LogP) is 2.69. The van der Waals surface area contributed by atoms with E-state index >= 15 is 0 Å². The maximum Gasteiger partial charge on any atom is 0.281 e. The molecule has 2 aliphatic rings. The van der Waals surface area contributed by atoms with Crippen molar-refractivity contribution < 1.29 is 14.3 Å². The molecule has 0 radical (unpaired) electrons. The number of thioether (sulfide) groups is 1. The van der Waals surface area contributed by atoms with Gasteiger partial charge in [0, 0.05) is 18.5 Å². The molecule has 1 amide bonds. The van der Waals surface area contributed by atoms with Gasteiger partial charge in [-0.15, -0.1) is 0 Å². The van der Waals surface area contributed by atoms with Crippen LogP contribution in [0.5, 0.6) is 5.75 Å². The number of morpholine rings is 1. The number of carbonyl (C=O) groups is 1. The quantitative estimate of drug-likeness (QED) is 0.593. The van der Waals surface area contributed by atoms with Crippen molar-refractivity contribution in [3.8, 4) is 5.75 Å². The first-order valence-corrected chi connectivity index (χ1v) is 9.44. The van der Waals surface area contributed by atoms with Crippen molar-refractivity contribution in [2.45, 2.75) is 0 Å². The van der Waals surface area contributed by atoms with Gasteiger partial charge in [-0.05, 0) is 18.2 Å². The van der Waals surface area contributed by atoms with Gasteiger partial charge in [-0.3, -0.25) is 4.79 Å². The highest BCUT2D eigenvalue weighted by molar-refractivity contribution is 8.26. The Kier molecular flexibility index (Phi) is 4.90. The van der Waals surface area contributed by atoms with Gasteiger partial charge in [-0.1, -0.05) is 42.2 Å². The molecule has 6 nitrogen and oxygen atoms in total. The van der Waals surface area contributed by atoms with Crippen molar-refractivity contribution in [1.29, 1.82) is 0 Å². The number of hydrazine groups is 1. The summed E-state index contributed by atoms with van der Waals surface area (Å²) in [6, 6.07) is 9.64. The Morgan fingerprint density at radius 3 is 2.85 bits per heavy atom. The number of ether oxygens (including phenoxy) is 2. The normalized spacial score (nSPS) is 20.3. The van der Waals surface area contributed by atoms with E-state index in [-0.39, 0.29) is 5.91 Å². The molecule has 4 rings (SSSR count). The number of benzene rings is 1. The number of methoxy groups -OCH3 is 1. The Hall–Kier alpha value is -2.00. The summed E-state index contributed by atoms with van der Waals surface area (Å²) in [5, 5.41) is 4.51. The highest BCUT2D eigenvalue weighted by atomic mass is 32.2. The van der Waals surface area contributed by atoms with Gasteiger partial charge < -0.3 is 9.47 Å². The first kappa shape index (κ1) is 17.4. The predicted molar refractivity (Wildman–Crippen MR) is 106 cm³/mol. The highest BCUT2D eigenvalue weighted by Gasteiger charge is 2.37. The van der Waals surface area contributed by atoms with Crippen molar-refractivity contribution in [1.82, 2.24) is 15.0 Å². The topological polar surface area (TPSA) is 54.9 Å². The van der Waals surface area contributed by atoms with Gasteiger partial charge in [-0.25, -0.2) is 15.0 Å². The fraction of sp³-hybridized carbons (Fsp3) is 0.278. The minimum absolute atomic E-state index is 0.108. The van der Waals surface area contributed by atoms with E-state index < -0.39 is 0 Å². The van der Waals surface area contributed by atoms with Crippen LogP contribution < -0.4 is 4.74 Å². The molecule has 26 heavy (non-hydrogen) atoms. The van der Waals surface area contributed by atoms with Crippen molar-refractivity contribution in [3.63, 3.8) is 0 Å². The number of para-hydroxylation sites is 1. The second-order valence-corrected chi connectivity index (χ2v) is 7.50. The Balaban J connectivity index is 1.65. The summed E-state index contributed by atoms with van der Waals surface area (Å²) >= 11 is 6.71. The number of carbonyl (C=O) groups excluding carboxylic acids is 1. The molecule has 0 saturated carbocycles. The molecule has 0 atom stereocenters. The van der Waals surface area contributed by atoms with Crippen LogP contribution in [0.3, 0.4) is 0 Å². The molecule has 2 aliphatic heterocycles. The van der Waals surface area contributed by atoms with E-state index in [1.54, 1.807) is 18.2 Å². The maximum atomic E-state index is 12.8. The third kappa shape index (κ3) is 3.21. The molecule has 0 N–H and O–H groups in total. The minimum atomic E-state index is -0.108. The lowest BCUT2D eigenvalue weighted by Crippen LogP contribution is -2.50. The lowest BCUT2D eigenvalue weighted by molar-refractivity contribution is -0.138. The summed E-state index contributed by atoms with van der Waals surface area (Å²) < 4.78 is 11.3. The van der Waals surface area contributed by atoms with Crippen LogP contribution >= 0.6 is 24.0 Å². The lowest BCUT2D eigenvalue weighted by atomic mass is 10.2. The summed E-state index contributed by atoms with van der Waals surface area (Å²) in [5.41, 5.74) is 1.47. The monoisotopic (exact) mass is 387 g/mol. The Bertz CT molecular complexity index is 910. The second-order valence-electron chi connectivity index (χ2n) is 5.83. The Morgan fingerprint density at radius 2 is 2.08 bits per heavy atom. The van der Waals surface area contributed by atoms with Crippen LogP contribution in [0.2, 0.25) is 0 Å². The number of aromatic nitrogens is 1. The first-order valence-electron chi connectivity index (χ1n) is 8.22.